The van der Waals surface area contributed by atoms with Crippen LogP contribution >= 0.6 is 23.4 Å². The normalized spacial score (nSPS) is 11.1. The summed E-state index contributed by atoms with van der Waals surface area (Å²) in [6.07, 6.45) is 1.18. The minimum atomic E-state index is -0.695. The van der Waals surface area contributed by atoms with Crippen molar-refractivity contribution >= 4 is 58.7 Å². The van der Waals surface area contributed by atoms with E-state index in [-0.39, 0.29) is 27.9 Å². The van der Waals surface area contributed by atoms with Crippen molar-refractivity contribution in [3.05, 3.63) is 112 Å². The van der Waals surface area contributed by atoms with Gasteiger partial charge in [-0.3, -0.25) is 14.4 Å². The third-order valence-electron chi connectivity index (χ3n) is 5.17. The van der Waals surface area contributed by atoms with Gasteiger partial charge in [0.25, 0.3) is 11.8 Å². The SMILES string of the molecule is Cc1cc(NC(=O)CSc2cccc(NC(=O)/C(=C\c3c(F)cccc3Cl)NC(=O)c3ccccc3)c2)no1. The molecule has 0 aliphatic rings. The second kappa shape index (κ2) is 12.9. The first kappa shape index (κ1) is 27.6. The molecule has 0 saturated carbocycles. The van der Waals surface area contributed by atoms with Gasteiger partial charge in [-0.05, 0) is 55.5 Å². The minimum absolute atomic E-state index is 0.0460. The topological polar surface area (TPSA) is 113 Å². The number of nitrogens with one attached hydrogen (secondary N) is 3. The summed E-state index contributed by atoms with van der Waals surface area (Å²) in [4.78, 5) is 39.0. The lowest BCUT2D eigenvalue weighted by Crippen LogP contribution is -2.30. The van der Waals surface area contributed by atoms with Crippen LogP contribution in [0.3, 0.4) is 0 Å². The molecule has 11 heteroatoms. The van der Waals surface area contributed by atoms with E-state index in [0.717, 1.165) is 0 Å². The van der Waals surface area contributed by atoms with Gasteiger partial charge in [0.2, 0.25) is 5.91 Å². The molecule has 0 saturated heterocycles. The molecule has 4 rings (SSSR count). The fourth-order valence-corrected chi connectivity index (χ4v) is 4.32. The van der Waals surface area contributed by atoms with Crippen LogP contribution in [0.25, 0.3) is 6.08 Å². The fourth-order valence-electron chi connectivity index (χ4n) is 3.35. The summed E-state index contributed by atoms with van der Waals surface area (Å²) in [6, 6.07) is 20.8. The Balaban J connectivity index is 1.49. The number of halogens is 2. The van der Waals surface area contributed by atoms with Crippen molar-refractivity contribution in [3.8, 4) is 0 Å². The van der Waals surface area contributed by atoms with Crippen molar-refractivity contribution in [1.82, 2.24) is 10.5 Å². The fraction of sp³-hybridized carbons (Fsp3) is 0.0714. The average molecular weight is 565 g/mol. The second-order valence-corrected chi connectivity index (χ2v) is 9.61. The van der Waals surface area contributed by atoms with E-state index in [1.165, 1.54) is 36.0 Å². The molecule has 198 valence electrons. The highest BCUT2D eigenvalue weighted by Crippen LogP contribution is 2.24. The first-order chi connectivity index (χ1) is 18.8. The Kier molecular flexibility index (Phi) is 9.14. The second-order valence-electron chi connectivity index (χ2n) is 8.16. The Morgan fingerprint density at radius 1 is 1.00 bits per heavy atom. The Hall–Kier alpha value is -4.41. The quantitative estimate of drug-likeness (QED) is 0.172. The van der Waals surface area contributed by atoms with Crippen LogP contribution in [0.1, 0.15) is 21.7 Å². The highest BCUT2D eigenvalue weighted by Gasteiger charge is 2.17. The highest BCUT2D eigenvalue weighted by molar-refractivity contribution is 8.00. The molecule has 0 bridgehead atoms. The summed E-state index contributed by atoms with van der Waals surface area (Å²) in [5.41, 5.74) is 0.455. The number of aromatic nitrogens is 1. The summed E-state index contributed by atoms with van der Waals surface area (Å²) >= 11 is 7.40. The zero-order chi connectivity index (χ0) is 27.8. The van der Waals surface area contributed by atoms with Crippen LogP contribution in [0.5, 0.6) is 0 Å². The Labute approximate surface area is 232 Å². The van der Waals surface area contributed by atoms with Crippen molar-refractivity contribution < 1.29 is 23.3 Å². The number of aryl methyl sites for hydroxylation is 1. The maximum Gasteiger partial charge on any atom is 0.272 e. The zero-order valence-corrected chi connectivity index (χ0v) is 22.1. The van der Waals surface area contributed by atoms with Gasteiger partial charge >= 0.3 is 0 Å². The first-order valence-electron chi connectivity index (χ1n) is 11.6. The van der Waals surface area contributed by atoms with Gasteiger partial charge < -0.3 is 20.5 Å². The molecule has 0 spiro atoms. The van der Waals surface area contributed by atoms with Crippen LogP contribution in [-0.4, -0.2) is 28.6 Å². The average Bonchev–Trinajstić information content (AvgIpc) is 3.33. The van der Waals surface area contributed by atoms with Crippen LogP contribution in [0.2, 0.25) is 5.02 Å². The third-order valence-corrected chi connectivity index (χ3v) is 6.50. The smallest absolute Gasteiger partial charge is 0.272 e. The van der Waals surface area contributed by atoms with E-state index in [2.05, 4.69) is 21.1 Å². The molecule has 0 aliphatic carbocycles. The molecule has 3 aromatic carbocycles. The highest BCUT2D eigenvalue weighted by atomic mass is 35.5. The Morgan fingerprint density at radius 2 is 1.77 bits per heavy atom. The largest absolute Gasteiger partial charge is 0.360 e. The Morgan fingerprint density at radius 3 is 2.49 bits per heavy atom. The molecule has 0 radical (unpaired) electrons. The number of thioether (sulfide) groups is 1. The van der Waals surface area contributed by atoms with E-state index in [9.17, 15) is 18.8 Å². The van der Waals surface area contributed by atoms with Gasteiger partial charge in [-0.1, -0.05) is 47.1 Å². The van der Waals surface area contributed by atoms with Gasteiger partial charge in [0.1, 0.15) is 17.3 Å². The van der Waals surface area contributed by atoms with Crippen LogP contribution in [0, 0.1) is 12.7 Å². The number of rotatable bonds is 9. The molecular formula is C28H22ClFN4O4S. The van der Waals surface area contributed by atoms with Gasteiger partial charge in [-0.15, -0.1) is 11.8 Å². The summed E-state index contributed by atoms with van der Waals surface area (Å²) in [7, 11) is 0. The molecule has 8 nitrogen and oxygen atoms in total. The summed E-state index contributed by atoms with van der Waals surface area (Å²) in [5.74, 6) is -1.19. The third kappa shape index (κ3) is 7.79. The van der Waals surface area contributed by atoms with Crippen molar-refractivity contribution in [2.24, 2.45) is 0 Å². The van der Waals surface area contributed by atoms with Crippen LogP contribution in [0.15, 0.2) is 94.0 Å². The maximum atomic E-state index is 14.5. The van der Waals surface area contributed by atoms with Crippen molar-refractivity contribution in [2.75, 3.05) is 16.4 Å². The summed E-state index contributed by atoms with van der Waals surface area (Å²) < 4.78 is 19.4. The zero-order valence-electron chi connectivity index (χ0n) is 20.5. The van der Waals surface area contributed by atoms with Gasteiger partial charge in [0.15, 0.2) is 5.82 Å². The predicted molar refractivity (Wildman–Crippen MR) is 149 cm³/mol. The summed E-state index contributed by atoms with van der Waals surface area (Å²) in [5, 5.41) is 11.7. The van der Waals surface area contributed by atoms with Gasteiger partial charge in [0.05, 0.1) is 10.8 Å². The number of carbonyl (C=O) groups excluding carboxylic acids is 3. The van der Waals surface area contributed by atoms with E-state index in [1.807, 2.05) is 0 Å². The number of nitrogens with zero attached hydrogens (tertiary/aromatic N) is 1. The molecule has 0 atom stereocenters. The molecule has 39 heavy (non-hydrogen) atoms. The molecule has 0 unspecified atom stereocenters. The van der Waals surface area contributed by atoms with E-state index in [1.54, 1.807) is 67.6 Å². The Bertz CT molecular complexity index is 1520. The summed E-state index contributed by atoms with van der Waals surface area (Å²) in [6.45, 7) is 1.72. The number of carbonyl (C=O) groups is 3. The monoisotopic (exact) mass is 564 g/mol. The van der Waals surface area contributed by atoms with Gasteiger partial charge in [-0.2, -0.15) is 0 Å². The first-order valence-corrected chi connectivity index (χ1v) is 12.9. The van der Waals surface area contributed by atoms with Crippen molar-refractivity contribution in [3.63, 3.8) is 0 Å². The molecule has 0 aliphatic heterocycles. The van der Waals surface area contributed by atoms with Crippen molar-refractivity contribution in [1.29, 1.82) is 0 Å². The molecule has 1 heterocycles. The van der Waals surface area contributed by atoms with Crippen LogP contribution in [0.4, 0.5) is 15.9 Å². The standard InChI is InChI=1S/C28H22ClFN4O4S/c1-17-13-25(34-38-17)33-26(35)16-39-20-10-5-9-19(14-20)31-28(37)24(15-21-22(29)11-6-12-23(21)30)32-27(36)18-7-3-2-4-8-18/h2-15H,16H2,1H3,(H,31,37)(H,32,36)(H,33,34,35)/b24-15+. The minimum Gasteiger partial charge on any atom is -0.360 e. The van der Waals surface area contributed by atoms with E-state index in [0.29, 0.717) is 27.7 Å². The molecular weight excluding hydrogens is 543 g/mol. The predicted octanol–water partition coefficient (Wildman–Crippen LogP) is 5.92. The molecule has 0 fully saturated rings. The number of anilines is 2. The number of amides is 3. The number of hydrogen-bond acceptors (Lipinski definition) is 6. The van der Waals surface area contributed by atoms with Gasteiger partial charge in [0, 0.05) is 27.8 Å². The van der Waals surface area contributed by atoms with E-state index in [4.69, 9.17) is 16.1 Å². The van der Waals surface area contributed by atoms with Crippen molar-refractivity contribution in [2.45, 2.75) is 11.8 Å². The van der Waals surface area contributed by atoms with E-state index >= 15 is 0 Å². The van der Waals surface area contributed by atoms with Crippen LogP contribution < -0.4 is 16.0 Å². The molecule has 1 aromatic heterocycles. The molecule has 4 aromatic rings. The number of benzene rings is 3. The number of hydrogen-bond donors (Lipinski definition) is 3. The lowest BCUT2D eigenvalue weighted by atomic mass is 10.1. The van der Waals surface area contributed by atoms with E-state index < -0.39 is 17.6 Å². The lowest BCUT2D eigenvalue weighted by molar-refractivity contribution is -0.114. The maximum absolute atomic E-state index is 14.5. The molecule has 3 amide bonds. The van der Waals surface area contributed by atoms with Gasteiger partial charge in [-0.25, -0.2) is 4.39 Å². The molecule has 3 N–H and O–H groups in total. The van der Waals surface area contributed by atoms with Crippen LogP contribution in [-0.2, 0) is 9.59 Å². The lowest BCUT2D eigenvalue weighted by Gasteiger charge is -2.13.